The van der Waals surface area contributed by atoms with Crippen LogP contribution in [0.5, 0.6) is 0 Å². The Morgan fingerprint density at radius 1 is 1.06 bits per heavy atom. The van der Waals surface area contributed by atoms with E-state index < -0.39 is 0 Å². The van der Waals surface area contributed by atoms with Gasteiger partial charge in [0.25, 0.3) is 6.01 Å². The minimum atomic E-state index is -0.352. The molecule has 1 aliphatic rings. The van der Waals surface area contributed by atoms with Crippen molar-refractivity contribution in [2.45, 2.75) is 0 Å². The van der Waals surface area contributed by atoms with Gasteiger partial charge in [-0.05, 0) is 0 Å². The van der Waals surface area contributed by atoms with Crippen molar-refractivity contribution in [3.63, 3.8) is 0 Å². The molecule has 0 aliphatic heterocycles. The molecule has 5 nitrogen and oxygen atoms in total. The highest BCUT2D eigenvalue weighted by Gasteiger charge is 2.34. The molecule has 0 spiro atoms. The van der Waals surface area contributed by atoms with Crippen LogP contribution in [0.15, 0.2) is 28.7 Å². The number of anilines is 1. The van der Waals surface area contributed by atoms with Crippen LogP contribution >= 0.6 is 0 Å². The van der Waals surface area contributed by atoms with Gasteiger partial charge in [-0.25, -0.2) is 0 Å². The summed E-state index contributed by atoms with van der Waals surface area (Å²) in [6.07, 6.45) is 0. The van der Waals surface area contributed by atoms with E-state index in [0.29, 0.717) is 11.1 Å². The molecule has 0 bridgehead atoms. The second-order valence-electron chi connectivity index (χ2n) is 3.43. The number of carbonyl (C=O) groups is 2. The largest absolute Gasteiger partial charge is 0.419 e. The fraction of sp³-hybridized carbons (Fsp3) is 0. The Balaban J connectivity index is 2.34. The van der Waals surface area contributed by atoms with Crippen molar-refractivity contribution in [2.24, 2.45) is 0 Å². The molecule has 0 radical (unpaired) electrons. The lowest BCUT2D eigenvalue weighted by Gasteiger charge is -2.10. The Hall–Kier alpha value is -2.43. The van der Waals surface area contributed by atoms with E-state index in [1.54, 1.807) is 24.3 Å². The summed E-state index contributed by atoms with van der Waals surface area (Å²) in [5.74, 6) is -0.749. The molecular weight excluding hydrogens is 208 g/mol. The molecule has 1 aromatic carbocycles. The van der Waals surface area contributed by atoms with E-state index in [-0.39, 0.29) is 29.0 Å². The summed E-state index contributed by atoms with van der Waals surface area (Å²) in [4.78, 5) is 27.6. The van der Waals surface area contributed by atoms with E-state index in [9.17, 15) is 9.59 Å². The van der Waals surface area contributed by atoms with E-state index in [0.717, 1.165) is 0 Å². The van der Waals surface area contributed by atoms with Gasteiger partial charge in [-0.1, -0.05) is 24.3 Å². The van der Waals surface area contributed by atoms with Crippen LogP contribution in [-0.2, 0) is 0 Å². The zero-order chi connectivity index (χ0) is 11.3. The number of rotatable bonds is 0. The zero-order valence-corrected chi connectivity index (χ0v) is 8.06. The number of hydrogen-bond donors (Lipinski definition) is 1. The van der Waals surface area contributed by atoms with Crippen LogP contribution in [0.4, 0.5) is 6.01 Å². The minimum absolute atomic E-state index is 0.00111. The van der Waals surface area contributed by atoms with Gasteiger partial charge in [-0.2, -0.15) is 4.98 Å². The third-order valence-electron chi connectivity index (χ3n) is 2.48. The fourth-order valence-corrected chi connectivity index (χ4v) is 1.77. The summed E-state index contributed by atoms with van der Waals surface area (Å²) in [7, 11) is 0. The highest BCUT2D eigenvalue weighted by molar-refractivity contribution is 6.26. The molecule has 0 saturated carbocycles. The lowest BCUT2D eigenvalue weighted by atomic mass is 9.91. The number of nitrogens with two attached hydrogens (primary N) is 1. The lowest BCUT2D eigenvalue weighted by molar-refractivity contribution is 0.0959. The summed E-state index contributed by atoms with van der Waals surface area (Å²) < 4.78 is 4.94. The average Bonchev–Trinajstić information content (AvgIpc) is 2.68. The van der Waals surface area contributed by atoms with Crippen LogP contribution in [0.3, 0.4) is 0 Å². The molecule has 1 heterocycles. The molecule has 0 atom stereocenters. The first-order valence-electron chi connectivity index (χ1n) is 4.63. The van der Waals surface area contributed by atoms with Crippen molar-refractivity contribution in [1.82, 2.24) is 4.98 Å². The second-order valence-corrected chi connectivity index (χ2v) is 3.43. The van der Waals surface area contributed by atoms with Gasteiger partial charge in [0.05, 0.1) is 0 Å². The molecule has 78 valence electrons. The normalized spacial score (nSPS) is 13.5. The highest BCUT2D eigenvalue weighted by Crippen LogP contribution is 2.27. The summed E-state index contributed by atoms with van der Waals surface area (Å²) in [6, 6.07) is 6.38. The fourth-order valence-electron chi connectivity index (χ4n) is 1.77. The van der Waals surface area contributed by atoms with E-state index in [1.165, 1.54) is 0 Å². The maximum Gasteiger partial charge on any atom is 0.293 e. The van der Waals surface area contributed by atoms with Gasteiger partial charge in [0.1, 0.15) is 0 Å². The first-order valence-corrected chi connectivity index (χ1v) is 4.63. The van der Waals surface area contributed by atoms with E-state index in [1.807, 2.05) is 0 Å². The van der Waals surface area contributed by atoms with Gasteiger partial charge in [-0.3, -0.25) is 9.59 Å². The van der Waals surface area contributed by atoms with Crippen LogP contribution < -0.4 is 5.73 Å². The van der Waals surface area contributed by atoms with E-state index in [4.69, 9.17) is 10.2 Å². The maximum atomic E-state index is 11.9. The van der Waals surface area contributed by atoms with Gasteiger partial charge < -0.3 is 10.2 Å². The van der Waals surface area contributed by atoms with E-state index in [2.05, 4.69) is 4.98 Å². The van der Waals surface area contributed by atoms with Crippen molar-refractivity contribution in [2.75, 3.05) is 5.73 Å². The number of carbonyl (C=O) groups excluding carboxylic acids is 2. The first kappa shape index (κ1) is 8.84. The molecule has 0 amide bonds. The molecule has 1 aliphatic carbocycles. The maximum absolute atomic E-state index is 11.9. The Kier molecular flexibility index (Phi) is 1.54. The van der Waals surface area contributed by atoms with E-state index >= 15 is 0 Å². The molecule has 3 rings (SSSR count). The van der Waals surface area contributed by atoms with Crippen LogP contribution in [0.25, 0.3) is 0 Å². The number of aromatic nitrogens is 1. The van der Waals surface area contributed by atoms with Crippen LogP contribution in [-0.4, -0.2) is 16.6 Å². The number of fused-ring (bicyclic) bond motifs is 2. The number of hydrogen-bond acceptors (Lipinski definition) is 5. The topological polar surface area (TPSA) is 86.2 Å². The van der Waals surface area contributed by atoms with Crippen LogP contribution in [0.2, 0.25) is 0 Å². The van der Waals surface area contributed by atoms with Crippen molar-refractivity contribution in [3.05, 3.63) is 46.8 Å². The van der Waals surface area contributed by atoms with Gasteiger partial charge in [0.15, 0.2) is 5.69 Å². The second kappa shape index (κ2) is 2.79. The van der Waals surface area contributed by atoms with Gasteiger partial charge in [0.2, 0.25) is 17.3 Å². The van der Waals surface area contributed by atoms with Gasteiger partial charge in [-0.15, -0.1) is 0 Å². The van der Waals surface area contributed by atoms with Crippen LogP contribution in [0.1, 0.15) is 32.2 Å². The number of nitrogens with zero attached hydrogens (tertiary/aromatic N) is 1. The first-order chi connectivity index (χ1) is 7.68. The summed E-state index contributed by atoms with van der Waals surface area (Å²) >= 11 is 0. The van der Waals surface area contributed by atoms with Crippen molar-refractivity contribution < 1.29 is 14.0 Å². The number of ketones is 2. The molecular formula is C11H6N2O3. The summed E-state index contributed by atoms with van der Waals surface area (Å²) in [5.41, 5.74) is 6.01. The number of benzene rings is 1. The molecule has 0 unspecified atom stereocenters. The highest BCUT2D eigenvalue weighted by atomic mass is 16.4. The third-order valence-corrected chi connectivity index (χ3v) is 2.48. The summed E-state index contributed by atoms with van der Waals surface area (Å²) in [6.45, 7) is 0. The lowest BCUT2D eigenvalue weighted by Crippen LogP contribution is -2.19. The molecule has 1 aromatic heterocycles. The molecule has 0 saturated heterocycles. The molecule has 0 fully saturated rings. The van der Waals surface area contributed by atoms with Gasteiger partial charge >= 0.3 is 0 Å². The molecule has 2 N–H and O–H groups in total. The Bertz CT molecular complexity index is 575. The Morgan fingerprint density at radius 2 is 1.69 bits per heavy atom. The molecule has 5 heteroatoms. The van der Waals surface area contributed by atoms with Crippen LogP contribution in [0, 0.1) is 0 Å². The minimum Gasteiger partial charge on any atom is -0.419 e. The molecule has 2 aromatic rings. The summed E-state index contributed by atoms with van der Waals surface area (Å²) in [5, 5.41) is 0. The van der Waals surface area contributed by atoms with Crippen molar-refractivity contribution in [1.29, 1.82) is 0 Å². The predicted octanol–water partition coefficient (Wildman–Crippen LogP) is 1.03. The predicted molar refractivity (Wildman–Crippen MR) is 54.2 cm³/mol. The average molecular weight is 214 g/mol. The van der Waals surface area contributed by atoms with Crippen molar-refractivity contribution in [3.8, 4) is 0 Å². The zero-order valence-electron chi connectivity index (χ0n) is 8.06. The number of nitrogen functional groups attached to an aromatic ring is 1. The standard InChI is InChI=1S/C11H6N2O3/c12-11-13-7-8(14)5-3-1-2-4-6(5)9(15)10(7)16-11/h1-4H,(H2,12,13). The quantitative estimate of drug-likeness (QED) is 0.604. The Labute approximate surface area is 89.9 Å². The molecule has 16 heavy (non-hydrogen) atoms. The smallest absolute Gasteiger partial charge is 0.293 e. The Morgan fingerprint density at radius 3 is 2.38 bits per heavy atom. The SMILES string of the molecule is Nc1nc2c(o1)C(=O)c1ccccc1C2=O. The van der Waals surface area contributed by atoms with Gasteiger partial charge in [0, 0.05) is 11.1 Å². The monoisotopic (exact) mass is 214 g/mol. The van der Waals surface area contributed by atoms with Crippen molar-refractivity contribution >= 4 is 17.6 Å². The third kappa shape index (κ3) is 0.967. The number of oxazole rings is 1.